The van der Waals surface area contributed by atoms with Gasteiger partial charge in [0.1, 0.15) is 0 Å². The van der Waals surface area contributed by atoms with Gasteiger partial charge in [0, 0.05) is 25.7 Å². The predicted molar refractivity (Wildman–Crippen MR) is 79.0 cm³/mol. The maximum absolute atomic E-state index is 11.9. The highest BCUT2D eigenvalue weighted by molar-refractivity contribution is 6.34. The molecule has 0 saturated heterocycles. The predicted octanol–water partition coefficient (Wildman–Crippen LogP) is 1.65. The Hall–Kier alpha value is -1.95. The lowest BCUT2D eigenvalue weighted by molar-refractivity contribution is -0.118. The normalized spacial score (nSPS) is 9.95. The minimum atomic E-state index is -0.497. The summed E-state index contributed by atoms with van der Waals surface area (Å²) in [5.74, 6) is -0.621. The highest BCUT2D eigenvalue weighted by Gasteiger charge is 2.16. The number of amides is 1. The first-order valence-electron chi connectivity index (χ1n) is 6.20. The second-order valence-electron chi connectivity index (χ2n) is 4.06. The Bertz CT molecular complexity index is 506. The number of halogens is 1. The standard InChI is InChI=1S/C13H18ClN3O3/c1-3-20-13(19)10-6-9(15)7-11(14)12(10)17-5-4-16-8(2)18/h6-7,17H,3-5,15H2,1-2H3,(H,16,18). The van der Waals surface area contributed by atoms with Gasteiger partial charge in [0.05, 0.1) is 22.9 Å². The monoisotopic (exact) mass is 299 g/mol. The van der Waals surface area contributed by atoms with Gasteiger partial charge in [-0.25, -0.2) is 4.79 Å². The van der Waals surface area contributed by atoms with Crippen LogP contribution in [0.3, 0.4) is 0 Å². The van der Waals surface area contributed by atoms with Gasteiger partial charge in [-0.2, -0.15) is 0 Å². The molecule has 20 heavy (non-hydrogen) atoms. The van der Waals surface area contributed by atoms with Crippen molar-refractivity contribution >= 4 is 34.9 Å². The number of nitrogen functional groups attached to an aromatic ring is 1. The molecule has 0 bridgehead atoms. The van der Waals surface area contributed by atoms with Crippen molar-refractivity contribution in [1.82, 2.24) is 5.32 Å². The third-order valence-electron chi connectivity index (χ3n) is 2.41. The number of carbonyl (C=O) groups is 2. The van der Waals surface area contributed by atoms with E-state index in [0.717, 1.165) is 0 Å². The van der Waals surface area contributed by atoms with Gasteiger partial charge in [0.25, 0.3) is 0 Å². The second-order valence-corrected chi connectivity index (χ2v) is 4.46. The van der Waals surface area contributed by atoms with Gasteiger partial charge in [-0.3, -0.25) is 4.79 Å². The van der Waals surface area contributed by atoms with Crippen molar-refractivity contribution in [2.75, 3.05) is 30.7 Å². The molecule has 0 aliphatic rings. The number of ether oxygens (including phenoxy) is 1. The van der Waals surface area contributed by atoms with Crippen LogP contribution >= 0.6 is 11.6 Å². The number of anilines is 2. The molecule has 0 heterocycles. The van der Waals surface area contributed by atoms with Crippen molar-refractivity contribution in [2.45, 2.75) is 13.8 Å². The zero-order chi connectivity index (χ0) is 15.1. The van der Waals surface area contributed by atoms with Gasteiger partial charge in [-0.15, -0.1) is 0 Å². The molecule has 6 nitrogen and oxygen atoms in total. The average Bonchev–Trinajstić information content (AvgIpc) is 2.35. The van der Waals surface area contributed by atoms with Crippen LogP contribution in [0.2, 0.25) is 5.02 Å². The third-order valence-corrected chi connectivity index (χ3v) is 2.71. The van der Waals surface area contributed by atoms with Crippen LogP contribution < -0.4 is 16.4 Å². The molecule has 1 amide bonds. The van der Waals surface area contributed by atoms with E-state index < -0.39 is 5.97 Å². The molecule has 4 N–H and O–H groups in total. The third kappa shape index (κ3) is 4.62. The summed E-state index contributed by atoms with van der Waals surface area (Å²) >= 11 is 6.08. The van der Waals surface area contributed by atoms with Crippen LogP contribution in [0.1, 0.15) is 24.2 Å². The van der Waals surface area contributed by atoms with Crippen LogP contribution in [0.5, 0.6) is 0 Å². The summed E-state index contributed by atoms with van der Waals surface area (Å²) in [4.78, 5) is 22.6. The number of rotatable bonds is 6. The number of benzene rings is 1. The Morgan fingerprint density at radius 3 is 2.65 bits per heavy atom. The molecule has 1 aromatic carbocycles. The Labute approximate surface area is 122 Å². The van der Waals surface area contributed by atoms with Crippen molar-refractivity contribution < 1.29 is 14.3 Å². The fourth-order valence-electron chi connectivity index (χ4n) is 1.60. The number of nitrogens with two attached hydrogens (primary N) is 1. The van der Waals surface area contributed by atoms with E-state index in [1.165, 1.54) is 13.0 Å². The molecule has 0 fully saturated rings. The van der Waals surface area contributed by atoms with Gasteiger partial charge in [-0.1, -0.05) is 11.6 Å². The van der Waals surface area contributed by atoms with E-state index >= 15 is 0 Å². The van der Waals surface area contributed by atoms with Crippen LogP contribution in [-0.2, 0) is 9.53 Å². The fourth-order valence-corrected chi connectivity index (χ4v) is 1.90. The van der Waals surface area contributed by atoms with Crippen LogP contribution in [0.4, 0.5) is 11.4 Å². The lowest BCUT2D eigenvalue weighted by Crippen LogP contribution is -2.26. The van der Waals surface area contributed by atoms with Crippen molar-refractivity contribution in [3.63, 3.8) is 0 Å². The maximum atomic E-state index is 11.9. The van der Waals surface area contributed by atoms with Gasteiger partial charge < -0.3 is 21.1 Å². The molecule has 110 valence electrons. The summed E-state index contributed by atoms with van der Waals surface area (Å²) < 4.78 is 4.96. The van der Waals surface area contributed by atoms with Gasteiger partial charge in [0.15, 0.2) is 0 Å². The molecular formula is C13H18ClN3O3. The van der Waals surface area contributed by atoms with Gasteiger partial charge >= 0.3 is 5.97 Å². The van der Waals surface area contributed by atoms with Gasteiger partial charge in [0.2, 0.25) is 5.91 Å². The Kier molecular flexibility index (Phi) is 6.11. The summed E-state index contributed by atoms with van der Waals surface area (Å²) in [5, 5.41) is 5.96. The first kappa shape index (κ1) is 16.1. The Morgan fingerprint density at radius 1 is 1.35 bits per heavy atom. The molecular weight excluding hydrogens is 282 g/mol. The first-order valence-corrected chi connectivity index (χ1v) is 6.58. The van der Waals surface area contributed by atoms with Gasteiger partial charge in [-0.05, 0) is 19.1 Å². The van der Waals surface area contributed by atoms with E-state index in [9.17, 15) is 9.59 Å². The summed E-state index contributed by atoms with van der Waals surface area (Å²) in [6.07, 6.45) is 0. The molecule has 0 unspecified atom stereocenters. The molecule has 7 heteroatoms. The second kappa shape index (κ2) is 7.59. The molecule has 0 aliphatic heterocycles. The molecule has 0 aliphatic carbocycles. The lowest BCUT2D eigenvalue weighted by atomic mass is 10.1. The molecule has 0 aromatic heterocycles. The van der Waals surface area contributed by atoms with Crippen molar-refractivity contribution in [2.24, 2.45) is 0 Å². The van der Waals surface area contributed by atoms with Crippen LogP contribution in [-0.4, -0.2) is 31.6 Å². The summed E-state index contributed by atoms with van der Waals surface area (Å²) in [7, 11) is 0. The lowest BCUT2D eigenvalue weighted by Gasteiger charge is -2.14. The number of esters is 1. The summed E-state index contributed by atoms with van der Waals surface area (Å²) in [6.45, 7) is 4.25. The molecule has 1 aromatic rings. The van der Waals surface area contributed by atoms with Crippen LogP contribution in [0, 0.1) is 0 Å². The zero-order valence-electron chi connectivity index (χ0n) is 11.5. The fraction of sp³-hybridized carbons (Fsp3) is 0.385. The quantitative estimate of drug-likeness (QED) is 0.422. The summed E-state index contributed by atoms with van der Waals surface area (Å²) in [6, 6.07) is 3.05. The Balaban J connectivity index is 2.86. The minimum Gasteiger partial charge on any atom is -0.462 e. The summed E-state index contributed by atoms with van der Waals surface area (Å²) in [5.41, 5.74) is 6.79. The largest absolute Gasteiger partial charge is 0.462 e. The van der Waals surface area contributed by atoms with Crippen molar-refractivity contribution in [3.05, 3.63) is 22.7 Å². The van der Waals surface area contributed by atoms with E-state index in [-0.39, 0.29) is 18.1 Å². The highest BCUT2D eigenvalue weighted by atomic mass is 35.5. The average molecular weight is 300 g/mol. The van der Waals surface area contributed by atoms with Crippen LogP contribution in [0.15, 0.2) is 12.1 Å². The smallest absolute Gasteiger partial charge is 0.340 e. The topological polar surface area (TPSA) is 93.4 Å². The van der Waals surface area contributed by atoms with E-state index in [4.69, 9.17) is 22.1 Å². The first-order chi connectivity index (χ1) is 9.45. The van der Waals surface area contributed by atoms with Crippen molar-refractivity contribution in [3.8, 4) is 0 Å². The van der Waals surface area contributed by atoms with E-state index in [1.54, 1.807) is 13.0 Å². The number of hydrogen-bond acceptors (Lipinski definition) is 5. The maximum Gasteiger partial charge on any atom is 0.340 e. The number of nitrogens with one attached hydrogen (secondary N) is 2. The number of hydrogen-bond donors (Lipinski definition) is 3. The molecule has 0 spiro atoms. The minimum absolute atomic E-state index is 0.124. The SMILES string of the molecule is CCOC(=O)c1cc(N)cc(Cl)c1NCCNC(C)=O. The zero-order valence-corrected chi connectivity index (χ0v) is 12.2. The molecule has 0 atom stereocenters. The Morgan fingerprint density at radius 2 is 2.05 bits per heavy atom. The molecule has 0 saturated carbocycles. The molecule has 0 radical (unpaired) electrons. The van der Waals surface area contributed by atoms with Crippen LogP contribution in [0.25, 0.3) is 0 Å². The molecule has 1 rings (SSSR count). The van der Waals surface area contributed by atoms with Crippen molar-refractivity contribution in [1.29, 1.82) is 0 Å². The number of carbonyl (C=O) groups excluding carboxylic acids is 2. The van der Waals surface area contributed by atoms with E-state index in [1.807, 2.05) is 0 Å². The van der Waals surface area contributed by atoms with E-state index in [0.29, 0.717) is 29.5 Å². The van der Waals surface area contributed by atoms with E-state index in [2.05, 4.69) is 10.6 Å². The highest BCUT2D eigenvalue weighted by Crippen LogP contribution is 2.29.